The summed E-state index contributed by atoms with van der Waals surface area (Å²) in [5, 5.41) is 3.36. The maximum Gasteiger partial charge on any atom is 0.256 e. The van der Waals surface area contributed by atoms with Crippen LogP contribution >= 0.6 is 39.5 Å². The number of rotatable bonds is 6. The van der Waals surface area contributed by atoms with Crippen LogP contribution in [-0.4, -0.2) is 22.9 Å². The molecular weight excluding hydrogens is 420 g/mol. The zero-order valence-electron chi connectivity index (χ0n) is 13.4. The Morgan fingerprint density at radius 1 is 1.24 bits per heavy atom. The van der Waals surface area contributed by atoms with Crippen LogP contribution in [0.5, 0.6) is 0 Å². The number of anilines is 1. The summed E-state index contributed by atoms with van der Waals surface area (Å²) in [6.45, 7) is 0. The minimum absolute atomic E-state index is 0.0911. The fourth-order valence-corrected chi connectivity index (χ4v) is 3.42. The predicted molar refractivity (Wildman–Crippen MR) is 107 cm³/mol. The van der Waals surface area contributed by atoms with E-state index in [2.05, 4.69) is 26.2 Å². The Balaban J connectivity index is 1.56. The van der Waals surface area contributed by atoms with Crippen molar-refractivity contribution in [3.05, 3.63) is 59.2 Å². The molecule has 0 saturated carbocycles. The smallest absolute Gasteiger partial charge is 0.256 e. The molecule has 1 N–H and O–H groups in total. The summed E-state index contributed by atoms with van der Waals surface area (Å²) < 4.78 is 6.71. The fraction of sp³-hybridized carbons (Fsp3) is 0.111. The van der Waals surface area contributed by atoms with Crippen LogP contribution in [-0.2, 0) is 4.79 Å². The number of carbonyl (C=O) groups is 1. The molecular formula is C18H15BrN2O2S2. The van der Waals surface area contributed by atoms with Gasteiger partial charge in [-0.05, 0) is 36.6 Å². The summed E-state index contributed by atoms with van der Waals surface area (Å²) >= 11 is 6.31. The van der Waals surface area contributed by atoms with Gasteiger partial charge in [-0.1, -0.05) is 45.9 Å². The van der Waals surface area contributed by atoms with Crippen LogP contribution < -0.4 is 5.32 Å². The molecule has 0 bridgehead atoms. The van der Waals surface area contributed by atoms with E-state index >= 15 is 0 Å². The lowest BCUT2D eigenvalue weighted by atomic mass is 10.2. The minimum Gasteiger partial charge on any atom is -0.431 e. The van der Waals surface area contributed by atoms with Crippen LogP contribution in [0.15, 0.2) is 73.7 Å². The van der Waals surface area contributed by atoms with Crippen molar-refractivity contribution < 1.29 is 9.21 Å². The summed E-state index contributed by atoms with van der Waals surface area (Å²) in [5.41, 5.74) is 1.74. The van der Waals surface area contributed by atoms with Gasteiger partial charge in [0.1, 0.15) is 0 Å². The van der Waals surface area contributed by atoms with Gasteiger partial charge in [0, 0.05) is 20.6 Å². The first-order chi connectivity index (χ1) is 12.1. The van der Waals surface area contributed by atoms with Crippen LogP contribution in [0.3, 0.4) is 0 Å². The monoisotopic (exact) mass is 434 g/mol. The predicted octanol–water partition coefficient (Wildman–Crippen LogP) is 5.56. The molecule has 0 aliphatic heterocycles. The second kappa shape index (κ2) is 8.60. The van der Waals surface area contributed by atoms with Crippen molar-refractivity contribution in [2.24, 2.45) is 0 Å². The van der Waals surface area contributed by atoms with Crippen molar-refractivity contribution in [2.45, 2.75) is 10.1 Å². The summed E-state index contributed by atoms with van der Waals surface area (Å²) in [5.74, 6) is 0.832. The van der Waals surface area contributed by atoms with E-state index in [0.29, 0.717) is 11.0 Å². The first-order valence-corrected chi connectivity index (χ1v) is 10.4. The lowest BCUT2D eigenvalue weighted by Gasteiger charge is -2.05. The average molecular weight is 435 g/mol. The lowest BCUT2D eigenvalue weighted by Crippen LogP contribution is -2.13. The molecule has 1 heterocycles. The maximum atomic E-state index is 12.1. The van der Waals surface area contributed by atoms with Gasteiger partial charge < -0.3 is 9.73 Å². The molecule has 0 aliphatic rings. The van der Waals surface area contributed by atoms with Crippen LogP contribution in [0.2, 0.25) is 0 Å². The SMILES string of the molecule is CSc1cccc(NC(=O)CSc2ncc(-c3ccc(Br)cc3)o2)c1. The summed E-state index contributed by atoms with van der Waals surface area (Å²) in [6, 6.07) is 15.5. The molecule has 0 saturated heterocycles. The molecule has 0 aliphatic carbocycles. The molecule has 1 amide bonds. The van der Waals surface area contributed by atoms with Crippen molar-refractivity contribution in [2.75, 3.05) is 17.3 Å². The van der Waals surface area contributed by atoms with Gasteiger partial charge in [-0.15, -0.1) is 11.8 Å². The number of nitrogens with zero attached hydrogens (tertiary/aromatic N) is 1. The molecule has 3 rings (SSSR count). The molecule has 25 heavy (non-hydrogen) atoms. The molecule has 0 radical (unpaired) electrons. The third-order valence-electron chi connectivity index (χ3n) is 3.29. The van der Waals surface area contributed by atoms with Crippen molar-refractivity contribution in [3.8, 4) is 11.3 Å². The molecule has 4 nitrogen and oxygen atoms in total. The number of carbonyl (C=O) groups excluding carboxylic acids is 1. The Labute approximate surface area is 162 Å². The van der Waals surface area contributed by atoms with E-state index in [-0.39, 0.29) is 11.7 Å². The number of benzene rings is 2. The van der Waals surface area contributed by atoms with Crippen molar-refractivity contribution in [1.29, 1.82) is 0 Å². The Morgan fingerprint density at radius 2 is 2.04 bits per heavy atom. The number of thioether (sulfide) groups is 2. The topological polar surface area (TPSA) is 55.1 Å². The van der Waals surface area contributed by atoms with Gasteiger partial charge in [0.2, 0.25) is 5.91 Å². The van der Waals surface area contributed by atoms with Crippen molar-refractivity contribution in [1.82, 2.24) is 4.98 Å². The Hall–Kier alpha value is -1.70. The van der Waals surface area contributed by atoms with E-state index in [4.69, 9.17) is 4.42 Å². The second-order valence-corrected chi connectivity index (χ2v) is 7.79. The zero-order chi connectivity index (χ0) is 17.6. The van der Waals surface area contributed by atoms with Gasteiger partial charge in [0.25, 0.3) is 5.22 Å². The van der Waals surface area contributed by atoms with Crippen LogP contribution in [0.25, 0.3) is 11.3 Å². The van der Waals surface area contributed by atoms with E-state index < -0.39 is 0 Å². The number of aromatic nitrogens is 1. The summed E-state index contributed by atoms with van der Waals surface area (Å²) in [7, 11) is 0. The van der Waals surface area contributed by atoms with Crippen LogP contribution in [0, 0.1) is 0 Å². The number of amides is 1. The second-order valence-electron chi connectivity index (χ2n) is 5.07. The highest BCUT2D eigenvalue weighted by molar-refractivity contribution is 9.10. The average Bonchev–Trinajstić information content (AvgIpc) is 3.10. The highest BCUT2D eigenvalue weighted by Crippen LogP contribution is 2.26. The highest BCUT2D eigenvalue weighted by atomic mass is 79.9. The van der Waals surface area contributed by atoms with Gasteiger partial charge in [-0.25, -0.2) is 4.98 Å². The maximum absolute atomic E-state index is 12.1. The van der Waals surface area contributed by atoms with E-state index in [1.807, 2.05) is 54.8 Å². The summed E-state index contributed by atoms with van der Waals surface area (Å²) in [4.78, 5) is 17.4. The zero-order valence-corrected chi connectivity index (χ0v) is 16.6. The van der Waals surface area contributed by atoms with Gasteiger partial charge in [-0.2, -0.15) is 0 Å². The molecule has 0 spiro atoms. The number of oxazole rings is 1. The first kappa shape index (κ1) is 18.1. The van der Waals surface area contributed by atoms with Gasteiger partial charge in [0.05, 0.1) is 11.9 Å². The normalized spacial score (nSPS) is 10.6. The quantitative estimate of drug-likeness (QED) is 0.514. The minimum atomic E-state index is -0.0911. The molecule has 1 aromatic heterocycles. The number of hydrogen-bond acceptors (Lipinski definition) is 5. The van der Waals surface area contributed by atoms with Gasteiger partial charge in [-0.3, -0.25) is 4.79 Å². The standard InChI is InChI=1S/C18H15BrN2O2S2/c1-24-15-4-2-3-14(9-15)21-17(22)11-25-18-20-10-16(23-18)12-5-7-13(19)8-6-12/h2-10H,11H2,1H3,(H,21,22). The van der Waals surface area contributed by atoms with Crippen molar-refractivity contribution in [3.63, 3.8) is 0 Å². The van der Waals surface area contributed by atoms with Gasteiger partial charge >= 0.3 is 0 Å². The van der Waals surface area contributed by atoms with E-state index in [0.717, 1.165) is 20.6 Å². The van der Waals surface area contributed by atoms with Crippen LogP contribution in [0.4, 0.5) is 5.69 Å². The number of hydrogen-bond donors (Lipinski definition) is 1. The van der Waals surface area contributed by atoms with Crippen molar-refractivity contribution >= 4 is 51.0 Å². The molecule has 0 atom stereocenters. The molecule has 0 unspecified atom stereocenters. The Morgan fingerprint density at radius 3 is 2.80 bits per heavy atom. The van der Waals surface area contributed by atoms with E-state index in [1.165, 1.54) is 11.8 Å². The molecule has 3 aromatic rings. The Bertz CT molecular complexity index is 866. The first-order valence-electron chi connectivity index (χ1n) is 7.42. The fourth-order valence-electron chi connectivity index (χ4n) is 2.10. The third kappa shape index (κ3) is 5.14. The van der Waals surface area contributed by atoms with E-state index in [9.17, 15) is 4.79 Å². The van der Waals surface area contributed by atoms with Gasteiger partial charge in [0.15, 0.2) is 5.76 Å². The lowest BCUT2D eigenvalue weighted by molar-refractivity contribution is -0.113. The van der Waals surface area contributed by atoms with Crippen LogP contribution in [0.1, 0.15) is 0 Å². The number of halogens is 1. The molecule has 7 heteroatoms. The molecule has 128 valence electrons. The third-order valence-corrected chi connectivity index (χ3v) is 5.39. The highest BCUT2D eigenvalue weighted by Gasteiger charge is 2.10. The Kier molecular flexibility index (Phi) is 6.23. The molecule has 0 fully saturated rings. The summed E-state index contributed by atoms with van der Waals surface area (Å²) in [6.07, 6.45) is 3.67. The molecule has 2 aromatic carbocycles. The van der Waals surface area contributed by atoms with E-state index in [1.54, 1.807) is 18.0 Å². The number of nitrogens with one attached hydrogen (secondary N) is 1. The largest absolute Gasteiger partial charge is 0.431 e.